The number of hydrogen-bond acceptors (Lipinski definition) is 2. The Morgan fingerprint density at radius 1 is 1.05 bits per heavy atom. The first kappa shape index (κ1) is 11.5. The van der Waals surface area contributed by atoms with Crippen molar-refractivity contribution in [3.05, 3.63) is 66.4 Å². The Kier molecular flexibility index (Phi) is 2.76. The molecule has 4 heteroatoms. The van der Waals surface area contributed by atoms with Crippen molar-refractivity contribution in [1.82, 2.24) is 9.78 Å². The van der Waals surface area contributed by atoms with E-state index in [2.05, 4.69) is 5.10 Å². The molecule has 0 fully saturated rings. The molecule has 0 aliphatic rings. The first-order valence-electron chi connectivity index (χ1n) is 6.04. The molecule has 1 atom stereocenters. The molecule has 2 aromatic carbocycles. The largest absolute Gasteiger partial charge is 0.368 e. The lowest BCUT2D eigenvalue weighted by Crippen LogP contribution is -2.28. The topological polar surface area (TPSA) is 60.9 Å². The predicted octanol–water partition coefficient (Wildman–Crippen LogP) is 2.11. The van der Waals surface area contributed by atoms with Crippen molar-refractivity contribution in [3.63, 3.8) is 0 Å². The highest BCUT2D eigenvalue weighted by Gasteiger charge is 2.22. The number of para-hydroxylation sites is 1. The van der Waals surface area contributed by atoms with Crippen LogP contribution in [0.1, 0.15) is 11.6 Å². The van der Waals surface area contributed by atoms with Crippen molar-refractivity contribution in [2.45, 2.75) is 6.04 Å². The zero-order chi connectivity index (χ0) is 13.2. The van der Waals surface area contributed by atoms with E-state index >= 15 is 0 Å². The zero-order valence-electron chi connectivity index (χ0n) is 10.2. The van der Waals surface area contributed by atoms with Crippen molar-refractivity contribution >= 4 is 16.8 Å². The molecule has 2 N–H and O–H groups in total. The summed E-state index contributed by atoms with van der Waals surface area (Å²) in [6.07, 6.45) is 1.74. The van der Waals surface area contributed by atoms with E-state index in [1.165, 1.54) is 0 Å². The van der Waals surface area contributed by atoms with Gasteiger partial charge in [0.2, 0.25) is 5.91 Å². The maximum absolute atomic E-state index is 11.8. The molecular weight excluding hydrogens is 238 g/mol. The van der Waals surface area contributed by atoms with Gasteiger partial charge in [-0.1, -0.05) is 48.5 Å². The summed E-state index contributed by atoms with van der Waals surface area (Å²) >= 11 is 0. The summed E-state index contributed by atoms with van der Waals surface area (Å²) in [5, 5.41) is 5.30. The van der Waals surface area contributed by atoms with Crippen molar-refractivity contribution < 1.29 is 4.79 Å². The first-order chi connectivity index (χ1) is 9.27. The van der Waals surface area contributed by atoms with Crippen molar-refractivity contribution in [3.8, 4) is 0 Å². The third kappa shape index (κ3) is 1.97. The minimum Gasteiger partial charge on any atom is -0.368 e. The molecule has 1 aromatic heterocycles. The van der Waals surface area contributed by atoms with E-state index < -0.39 is 11.9 Å². The SMILES string of the molecule is NC(=O)C(c1ccccc1)n1ncc2ccccc21. The highest BCUT2D eigenvalue weighted by Crippen LogP contribution is 2.22. The highest BCUT2D eigenvalue weighted by atomic mass is 16.1. The molecule has 0 saturated carbocycles. The maximum Gasteiger partial charge on any atom is 0.246 e. The summed E-state index contributed by atoms with van der Waals surface area (Å²) < 4.78 is 1.67. The van der Waals surface area contributed by atoms with Crippen LogP contribution >= 0.6 is 0 Å². The average molecular weight is 251 g/mol. The number of carbonyl (C=O) groups is 1. The van der Waals surface area contributed by atoms with Crippen LogP contribution in [-0.2, 0) is 4.79 Å². The van der Waals surface area contributed by atoms with E-state index in [-0.39, 0.29) is 0 Å². The van der Waals surface area contributed by atoms with E-state index in [4.69, 9.17) is 5.73 Å². The molecule has 3 rings (SSSR count). The van der Waals surface area contributed by atoms with Gasteiger partial charge in [0.25, 0.3) is 0 Å². The van der Waals surface area contributed by atoms with Gasteiger partial charge < -0.3 is 5.73 Å². The molecule has 4 nitrogen and oxygen atoms in total. The number of nitrogens with two attached hydrogens (primary N) is 1. The summed E-state index contributed by atoms with van der Waals surface area (Å²) in [4.78, 5) is 11.8. The van der Waals surface area contributed by atoms with Gasteiger partial charge in [-0.15, -0.1) is 0 Å². The minimum absolute atomic E-state index is 0.417. The van der Waals surface area contributed by atoms with Gasteiger partial charge in [-0.2, -0.15) is 5.10 Å². The Morgan fingerprint density at radius 2 is 1.74 bits per heavy atom. The molecule has 1 amide bonds. The predicted molar refractivity (Wildman–Crippen MR) is 73.5 cm³/mol. The third-order valence-corrected chi connectivity index (χ3v) is 3.13. The van der Waals surface area contributed by atoms with Crippen LogP contribution < -0.4 is 5.73 Å². The average Bonchev–Trinajstić information content (AvgIpc) is 2.84. The Labute approximate surface area is 110 Å². The quantitative estimate of drug-likeness (QED) is 0.775. The van der Waals surface area contributed by atoms with E-state index in [9.17, 15) is 4.79 Å². The monoisotopic (exact) mass is 251 g/mol. The number of aromatic nitrogens is 2. The number of rotatable bonds is 3. The summed E-state index contributed by atoms with van der Waals surface area (Å²) in [6.45, 7) is 0. The highest BCUT2D eigenvalue weighted by molar-refractivity contribution is 5.86. The molecule has 0 spiro atoms. The van der Waals surface area contributed by atoms with Gasteiger partial charge in [0.1, 0.15) is 0 Å². The van der Waals surface area contributed by atoms with Crippen LogP contribution in [0.4, 0.5) is 0 Å². The molecule has 0 saturated heterocycles. The first-order valence-corrected chi connectivity index (χ1v) is 6.04. The lowest BCUT2D eigenvalue weighted by molar-refractivity contribution is -0.120. The fraction of sp³-hybridized carbons (Fsp3) is 0.0667. The fourth-order valence-electron chi connectivity index (χ4n) is 2.26. The van der Waals surface area contributed by atoms with Gasteiger partial charge in [0.15, 0.2) is 6.04 Å². The molecule has 0 aliphatic carbocycles. The van der Waals surface area contributed by atoms with Gasteiger partial charge >= 0.3 is 0 Å². The maximum atomic E-state index is 11.8. The Morgan fingerprint density at radius 3 is 2.47 bits per heavy atom. The fourth-order valence-corrected chi connectivity index (χ4v) is 2.26. The normalized spacial score (nSPS) is 12.4. The van der Waals surface area contributed by atoms with Crippen molar-refractivity contribution in [2.24, 2.45) is 5.73 Å². The van der Waals surface area contributed by atoms with E-state index in [1.807, 2.05) is 54.6 Å². The van der Waals surface area contributed by atoms with Crippen LogP contribution in [0.25, 0.3) is 10.9 Å². The Hall–Kier alpha value is -2.62. The summed E-state index contributed by atoms with van der Waals surface area (Å²) in [7, 11) is 0. The summed E-state index contributed by atoms with van der Waals surface area (Å²) in [6, 6.07) is 16.6. The molecule has 1 heterocycles. The smallest absolute Gasteiger partial charge is 0.246 e. The van der Waals surface area contributed by atoms with Crippen LogP contribution in [0, 0.1) is 0 Å². The van der Waals surface area contributed by atoms with Crippen molar-refractivity contribution in [1.29, 1.82) is 0 Å². The van der Waals surface area contributed by atoms with Crippen LogP contribution in [0.5, 0.6) is 0 Å². The number of primary amides is 1. The number of fused-ring (bicyclic) bond motifs is 1. The molecule has 19 heavy (non-hydrogen) atoms. The number of amides is 1. The minimum atomic E-state index is -0.582. The summed E-state index contributed by atoms with van der Waals surface area (Å²) in [5.41, 5.74) is 7.29. The van der Waals surface area contributed by atoms with Gasteiger partial charge in [0, 0.05) is 5.39 Å². The Bertz CT molecular complexity index is 718. The molecular formula is C15H13N3O. The van der Waals surface area contributed by atoms with Gasteiger partial charge in [0.05, 0.1) is 11.7 Å². The van der Waals surface area contributed by atoms with Crippen LogP contribution in [0.15, 0.2) is 60.8 Å². The van der Waals surface area contributed by atoms with Gasteiger partial charge in [-0.05, 0) is 11.6 Å². The number of hydrogen-bond donors (Lipinski definition) is 1. The molecule has 3 aromatic rings. The van der Waals surface area contributed by atoms with Crippen LogP contribution in [-0.4, -0.2) is 15.7 Å². The standard InChI is InChI=1S/C15H13N3O/c16-15(19)14(11-6-2-1-3-7-11)18-13-9-5-4-8-12(13)10-17-18/h1-10,14H,(H2,16,19). The van der Waals surface area contributed by atoms with Gasteiger partial charge in [-0.25, -0.2) is 4.68 Å². The molecule has 0 bridgehead atoms. The lowest BCUT2D eigenvalue weighted by Gasteiger charge is -2.15. The van der Waals surface area contributed by atoms with E-state index in [0.717, 1.165) is 16.5 Å². The van der Waals surface area contributed by atoms with Gasteiger partial charge in [-0.3, -0.25) is 4.79 Å². The van der Waals surface area contributed by atoms with Crippen LogP contribution in [0.3, 0.4) is 0 Å². The number of carbonyl (C=O) groups excluding carboxylic acids is 1. The van der Waals surface area contributed by atoms with Crippen LogP contribution in [0.2, 0.25) is 0 Å². The van der Waals surface area contributed by atoms with E-state index in [0.29, 0.717) is 0 Å². The summed E-state index contributed by atoms with van der Waals surface area (Å²) in [5.74, 6) is -0.417. The third-order valence-electron chi connectivity index (χ3n) is 3.13. The second kappa shape index (κ2) is 4.57. The second-order valence-corrected chi connectivity index (χ2v) is 4.36. The zero-order valence-corrected chi connectivity index (χ0v) is 10.2. The number of benzene rings is 2. The van der Waals surface area contributed by atoms with E-state index in [1.54, 1.807) is 10.9 Å². The molecule has 0 radical (unpaired) electrons. The Balaban J connectivity index is 2.18. The lowest BCUT2D eigenvalue weighted by atomic mass is 10.1. The second-order valence-electron chi connectivity index (χ2n) is 4.36. The van der Waals surface area contributed by atoms with Crippen molar-refractivity contribution in [2.75, 3.05) is 0 Å². The molecule has 1 unspecified atom stereocenters. The molecule has 0 aliphatic heterocycles. The number of nitrogens with zero attached hydrogens (tertiary/aromatic N) is 2. The molecule has 94 valence electrons.